The molecule has 15 heavy (non-hydrogen) atoms. The maximum Gasteiger partial charge on any atom is 0.166 e. The summed E-state index contributed by atoms with van der Waals surface area (Å²) in [5.74, 6) is 0.415. The van der Waals surface area contributed by atoms with Gasteiger partial charge in [-0.3, -0.25) is 0 Å². The van der Waals surface area contributed by atoms with Crippen molar-refractivity contribution in [2.45, 2.75) is 25.8 Å². The molecule has 0 aromatic carbocycles. The van der Waals surface area contributed by atoms with Gasteiger partial charge in [-0.1, -0.05) is 0 Å². The van der Waals surface area contributed by atoms with Crippen LogP contribution in [0.25, 0.3) is 0 Å². The highest BCUT2D eigenvalue weighted by atomic mass is 79.9. The summed E-state index contributed by atoms with van der Waals surface area (Å²) in [6.07, 6.45) is 2.30. The summed E-state index contributed by atoms with van der Waals surface area (Å²) in [6, 6.07) is 1.38. The van der Waals surface area contributed by atoms with Crippen LogP contribution in [0.4, 0.5) is 10.2 Å². The third kappa shape index (κ3) is 3.95. The molecule has 0 aliphatic heterocycles. The molecule has 0 atom stereocenters. The Balaban J connectivity index is 2.80. The van der Waals surface area contributed by atoms with Crippen molar-refractivity contribution < 1.29 is 4.39 Å². The third-order valence-electron chi connectivity index (χ3n) is 1.98. The van der Waals surface area contributed by atoms with E-state index in [4.69, 9.17) is 11.6 Å². The number of halogens is 3. The number of alkyl halides is 1. The molecule has 0 aliphatic rings. The maximum absolute atomic E-state index is 13.4. The number of hydrogen-bond acceptors (Lipinski definition) is 2. The quantitative estimate of drug-likeness (QED) is 0.855. The monoisotopic (exact) mass is 294 g/mol. The Morgan fingerprint density at radius 3 is 2.80 bits per heavy atom. The minimum atomic E-state index is -0.368. The molecule has 0 fully saturated rings. The average molecular weight is 296 g/mol. The summed E-state index contributed by atoms with van der Waals surface area (Å²) in [4.78, 5) is 3.97. The van der Waals surface area contributed by atoms with Gasteiger partial charge < -0.3 is 5.32 Å². The molecular formula is C10H13BrClFN2. The first-order valence-corrected chi connectivity index (χ1v) is 5.92. The van der Waals surface area contributed by atoms with Gasteiger partial charge in [-0.05, 0) is 42.3 Å². The normalized spacial score (nSPS) is 11.5. The molecule has 0 amide bonds. The SMILES string of the molecule is CC(C)(CCCl)Nc1ncc(Br)cc1F. The number of nitrogens with zero attached hydrogens (tertiary/aromatic N) is 1. The summed E-state index contributed by atoms with van der Waals surface area (Å²) in [5, 5.41) is 3.02. The number of anilines is 1. The molecule has 0 bridgehead atoms. The fraction of sp³-hybridized carbons (Fsp3) is 0.500. The van der Waals surface area contributed by atoms with Crippen molar-refractivity contribution in [2.24, 2.45) is 0 Å². The second kappa shape index (κ2) is 5.12. The smallest absolute Gasteiger partial charge is 0.166 e. The van der Waals surface area contributed by atoms with E-state index in [0.29, 0.717) is 10.4 Å². The molecule has 0 radical (unpaired) electrons. The van der Waals surface area contributed by atoms with Crippen LogP contribution < -0.4 is 5.32 Å². The molecule has 0 unspecified atom stereocenters. The lowest BCUT2D eigenvalue weighted by Crippen LogP contribution is -2.32. The lowest BCUT2D eigenvalue weighted by Gasteiger charge is -2.26. The zero-order valence-electron chi connectivity index (χ0n) is 8.65. The highest BCUT2D eigenvalue weighted by molar-refractivity contribution is 9.10. The van der Waals surface area contributed by atoms with Crippen molar-refractivity contribution in [2.75, 3.05) is 11.2 Å². The van der Waals surface area contributed by atoms with Crippen LogP contribution in [0.1, 0.15) is 20.3 Å². The van der Waals surface area contributed by atoms with E-state index in [1.807, 2.05) is 13.8 Å². The summed E-state index contributed by atoms with van der Waals surface area (Å²) in [7, 11) is 0. The van der Waals surface area contributed by atoms with E-state index in [-0.39, 0.29) is 17.2 Å². The van der Waals surface area contributed by atoms with Crippen molar-refractivity contribution in [1.82, 2.24) is 4.98 Å². The second-order valence-corrected chi connectivity index (χ2v) is 5.23. The number of nitrogens with one attached hydrogen (secondary N) is 1. The fourth-order valence-electron chi connectivity index (χ4n) is 1.13. The Morgan fingerprint density at radius 1 is 1.60 bits per heavy atom. The highest BCUT2D eigenvalue weighted by Crippen LogP contribution is 2.21. The molecule has 1 rings (SSSR count). The van der Waals surface area contributed by atoms with Crippen LogP contribution in [0, 0.1) is 5.82 Å². The lowest BCUT2D eigenvalue weighted by atomic mass is 10.0. The van der Waals surface area contributed by atoms with E-state index in [9.17, 15) is 4.39 Å². The van der Waals surface area contributed by atoms with Gasteiger partial charge in [0, 0.05) is 22.1 Å². The largest absolute Gasteiger partial charge is 0.363 e. The van der Waals surface area contributed by atoms with Crippen LogP contribution in [0.15, 0.2) is 16.7 Å². The lowest BCUT2D eigenvalue weighted by molar-refractivity contribution is 0.536. The van der Waals surface area contributed by atoms with Crippen molar-refractivity contribution in [1.29, 1.82) is 0 Å². The Morgan fingerprint density at radius 2 is 2.27 bits per heavy atom. The van der Waals surface area contributed by atoms with E-state index in [2.05, 4.69) is 26.2 Å². The van der Waals surface area contributed by atoms with E-state index in [1.165, 1.54) is 6.07 Å². The van der Waals surface area contributed by atoms with Crippen molar-refractivity contribution in [3.8, 4) is 0 Å². The molecule has 1 heterocycles. The van der Waals surface area contributed by atoms with Gasteiger partial charge in [-0.25, -0.2) is 9.37 Å². The first-order valence-electron chi connectivity index (χ1n) is 4.60. The van der Waals surface area contributed by atoms with E-state index < -0.39 is 0 Å². The Kier molecular flexibility index (Phi) is 4.34. The summed E-state index contributed by atoms with van der Waals surface area (Å²) in [5.41, 5.74) is -0.260. The van der Waals surface area contributed by atoms with Gasteiger partial charge in [0.15, 0.2) is 11.6 Å². The highest BCUT2D eigenvalue weighted by Gasteiger charge is 2.18. The zero-order chi connectivity index (χ0) is 11.5. The molecule has 0 aliphatic carbocycles. The Bertz CT molecular complexity index is 344. The van der Waals surface area contributed by atoms with Crippen molar-refractivity contribution in [3.05, 3.63) is 22.6 Å². The van der Waals surface area contributed by atoms with Gasteiger partial charge in [0.1, 0.15) is 0 Å². The van der Waals surface area contributed by atoms with Crippen LogP contribution in [-0.2, 0) is 0 Å². The van der Waals surface area contributed by atoms with E-state index >= 15 is 0 Å². The van der Waals surface area contributed by atoms with Crippen molar-refractivity contribution >= 4 is 33.3 Å². The third-order valence-corrected chi connectivity index (χ3v) is 2.61. The fourth-order valence-corrected chi connectivity index (χ4v) is 1.90. The van der Waals surface area contributed by atoms with E-state index in [0.717, 1.165) is 6.42 Å². The first-order chi connectivity index (χ1) is 6.94. The number of hydrogen-bond donors (Lipinski definition) is 1. The number of pyridine rings is 1. The maximum atomic E-state index is 13.4. The minimum absolute atomic E-state index is 0.258. The molecule has 1 aromatic heterocycles. The van der Waals surface area contributed by atoms with Crippen LogP contribution in [0.3, 0.4) is 0 Å². The van der Waals surface area contributed by atoms with Crippen LogP contribution >= 0.6 is 27.5 Å². The van der Waals surface area contributed by atoms with Crippen LogP contribution in [0.2, 0.25) is 0 Å². The molecule has 84 valence electrons. The molecule has 1 N–H and O–H groups in total. The van der Waals surface area contributed by atoms with Gasteiger partial charge >= 0.3 is 0 Å². The summed E-state index contributed by atoms with van der Waals surface area (Å²) < 4.78 is 14.1. The first kappa shape index (κ1) is 12.7. The molecular weight excluding hydrogens is 282 g/mol. The Labute approximate surface area is 102 Å². The molecule has 1 aromatic rings. The molecule has 0 saturated carbocycles. The Hall–Kier alpha value is -0.350. The van der Waals surface area contributed by atoms with Crippen molar-refractivity contribution in [3.63, 3.8) is 0 Å². The predicted molar refractivity (Wildman–Crippen MR) is 64.9 cm³/mol. The topological polar surface area (TPSA) is 24.9 Å². The standard InChI is InChI=1S/C10H13BrClFN2/c1-10(2,3-4-12)15-9-8(13)5-7(11)6-14-9/h5-6H,3-4H2,1-2H3,(H,14,15). The molecule has 0 saturated heterocycles. The van der Waals surface area contributed by atoms with Gasteiger partial charge in [0.25, 0.3) is 0 Å². The van der Waals surface area contributed by atoms with Crippen LogP contribution in [-0.4, -0.2) is 16.4 Å². The minimum Gasteiger partial charge on any atom is -0.363 e. The zero-order valence-corrected chi connectivity index (χ0v) is 11.0. The molecule has 2 nitrogen and oxygen atoms in total. The van der Waals surface area contributed by atoms with Gasteiger partial charge in [-0.2, -0.15) is 0 Å². The summed E-state index contributed by atoms with van der Waals surface area (Å²) in [6.45, 7) is 3.91. The van der Waals surface area contributed by atoms with Gasteiger partial charge in [-0.15, -0.1) is 11.6 Å². The average Bonchev–Trinajstić information content (AvgIpc) is 2.09. The van der Waals surface area contributed by atoms with Gasteiger partial charge in [0.05, 0.1) is 0 Å². The molecule has 5 heteroatoms. The molecule has 0 spiro atoms. The second-order valence-electron chi connectivity index (χ2n) is 3.93. The predicted octanol–water partition coefficient (Wildman–Crippen LogP) is 3.80. The van der Waals surface area contributed by atoms with Crippen LogP contribution in [0.5, 0.6) is 0 Å². The van der Waals surface area contributed by atoms with Gasteiger partial charge in [0.2, 0.25) is 0 Å². The number of aromatic nitrogens is 1. The number of rotatable bonds is 4. The van der Waals surface area contributed by atoms with E-state index in [1.54, 1.807) is 6.20 Å². The summed E-state index contributed by atoms with van der Waals surface area (Å²) >= 11 is 8.81.